The van der Waals surface area contributed by atoms with Gasteiger partial charge in [0.15, 0.2) is 62.7 Å². The summed E-state index contributed by atoms with van der Waals surface area (Å²) in [5, 5.41) is 0. The molecule has 0 saturated carbocycles. The van der Waals surface area contributed by atoms with Crippen LogP contribution in [0, 0.1) is 0 Å². The summed E-state index contributed by atoms with van der Waals surface area (Å²) in [5.41, 5.74) is 7.53. The molecule has 4 aromatic heterocycles. The number of rotatable bonds is 9. The van der Waals surface area contributed by atoms with E-state index >= 15 is 0 Å². The van der Waals surface area contributed by atoms with Gasteiger partial charge in [-0.25, -0.2) is 9.13 Å². The maximum Gasteiger partial charge on any atom is 0.673 e. The number of aromatic nitrogens is 4. The molecule has 0 aliphatic rings. The molecular weight excluding hydrogens is 836 g/mol. The van der Waals surface area contributed by atoms with Crippen molar-refractivity contribution in [1.29, 1.82) is 0 Å². The van der Waals surface area contributed by atoms with E-state index in [4.69, 9.17) is 0 Å². The average Bonchev–Trinajstić information content (AvgIpc) is 3.13. The number of hydrogen-bond acceptors (Lipinski definition) is 0. The first-order chi connectivity index (χ1) is 27.8. The lowest BCUT2D eigenvalue weighted by atomic mass is 10.1. The molecule has 0 bridgehead atoms. The highest BCUT2D eigenvalue weighted by molar-refractivity contribution is 6.51. The molecule has 322 valence electrons. The van der Waals surface area contributed by atoms with Crippen molar-refractivity contribution in [2.75, 3.05) is 0 Å². The lowest BCUT2D eigenvalue weighted by molar-refractivity contribution is -0.778. The normalized spacial score (nSPS) is 11.3. The summed E-state index contributed by atoms with van der Waals surface area (Å²) in [4.78, 5) is 0. The van der Waals surface area contributed by atoms with Crippen LogP contribution in [0.2, 0.25) is 0 Å². The second kappa shape index (κ2) is 23.7. The zero-order chi connectivity index (χ0) is 45.0. The Labute approximate surface area is 334 Å². The molecule has 0 aliphatic heterocycles. The first-order valence-electron chi connectivity index (χ1n) is 17.3. The van der Waals surface area contributed by atoms with Gasteiger partial charge >= 0.3 is 29.0 Å². The van der Waals surface area contributed by atoms with Crippen LogP contribution in [-0.2, 0) is 26.2 Å². The van der Waals surface area contributed by atoms with Gasteiger partial charge in [0.25, 0.3) is 0 Å². The van der Waals surface area contributed by atoms with E-state index in [-0.39, 0.29) is 0 Å². The summed E-state index contributed by atoms with van der Waals surface area (Å²) in [7, 11) is -24.0. The van der Waals surface area contributed by atoms with Crippen LogP contribution in [0.25, 0.3) is 22.3 Å². The molecule has 0 spiro atoms. The quantitative estimate of drug-likeness (QED) is 0.0782. The molecule has 4 nitrogen and oxygen atoms in total. The number of nitrogens with zero attached hydrogens (tertiary/aromatic N) is 4. The lowest BCUT2D eigenvalue weighted by Crippen LogP contribution is -2.43. The van der Waals surface area contributed by atoms with Crippen molar-refractivity contribution in [1.82, 2.24) is 0 Å². The van der Waals surface area contributed by atoms with Crippen molar-refractivity contribution in [2.24, 2.45) is 0 Å². The Balaban J connectivity index is 0.000000517. The maximum atomic E-state index is 9.75. The Morgan fingerprint density at radius 3 is 0.650 bits per heavy atom. The van der Waals surface area contributed by atoms with Crippen LogP contribution in [0.4, 0.5) is 69.1 Å². The van der Waals surface area contributed by atoms with E-state index in [1.165, 1.54) is 33.4 Å². The smallest absolute Gasteiger partial charge is 0.418 e. The standard InChI is InChI=1S/C36H34N4.4BF4/c1-3-7-31(8-4-1)29-39-23-15-35(16-24-39)33-11-19-37(20-12-33)27-28-38-21-13-34(14-22-38)36-17-25-40(26-18-36)30-32-9-5-2-6-10-32;4*2-1(3,4)5/h1-26H,27-30H2;;;;/q+4;4*-1. The third kappa shape index (κ3) is 27.0. The lowest BCUT2D eigenvalue weighted by Gasteiger charge is -2.03. The highest BCUT2D eigenvalue weighted by Crippen LogP contribution is 2.17. The van der Waals surface area contributed by atoms with Crippen molar-refractivity contribution < 1.29 is 87.3 Å². The van der Waals surface area contributed by atoms with Gasteiger partial charge in [0.2, 0.25) is 13.1 Å². The van der Waals surface area contributed by atoms with Crippen molar-refractivity contribution in [3.8, 4) is 22.3 Å². The van der Waals surface area contributed by atoms with Gasteiger partial charge in [-0.05, 0) is 22.3 Å². The molecule has 2 aromatic carbocycles. The number of hydrogen-bond donors (Lipinski definition) is 0. The summed E-state index contributed by atoms with van der Waals surface area (Å²) in [6.07, 6.45) is 17.3. The topological polar surface area (TPSA) is 15.5 Å². The molecule has 0 radical (unpaired) electrons. The summed E-state index contributed by atoms with van der Waals surface area (Å²) in [6, 6.07) is 38.7. The fourth-order valence-corrected chi connectivity index (χ4v) is 4.93. The highest BCUT2D eigenvalue weighted by Gasteiger charge is 2.22. The molecule has 0 unspecified atom stereocenters. The van der Waals surface area contributed by atoms with E-state index in [1.807, 2.05) is 0 Å². The van der Waals surface area contributed by atoms with Crippen LogP contribution >= 0.6 is 0 Å². The molecule has 0 N–H and O–H groups in total. The molecule has 24 heteroatoms. The van der Waals surface area contributed by atoms with Crippen LogP contribution in [-0.4, -0.2) is 29.0 Å². The summed E-state index contributed by atoms with van der Waals surface area (Å²) < 4.78 is 165. The zero-order valence-electron chi connectivity index (χ0n) is 31.0. The minimum absolute atomic E-state index is 0.884. The average molecular weight is 870 g/mol. The molecule has 0 fully saturated rings. The molecule has 0 saturated heterocycles. The van der Waals surface area contributed by atoms with Crippen LogP contribution in [0.15, 0.2) is 159 Å². The van der Waals surface area contributed by atoms with Gasteiger partial charge in [0.05, 0.1) is 0 Å². The number of halogens is 16. The molecule has 0 atom stereocenters. The predicted octanol–water partition coefficient (Wildman–Crippen LogP) is 10.2. The monoisotopic (exact) mass is 870 g/mol. The second-order valence-corrected chi connectivity index (χ2v) is 12.1. The van der Waals surface area contributed by atoms with Gasteiger partial charge in [-0.3, -0.25) is 0 Å². The minimum Gasteiger partial charge on any atom is -0.418 e. The van der Waals surface area contributed by atoms with Gasteiger partial charge in [-0.1, -0.05) is 60.7 Å². The van der Waals surface area contributed by atoms with E-state index in [2.05, 4.69) is 177 Å². The second-order valence-electron chi connectivity index (χ2n) is 12.1. The van der Waals surface area contributed by atoms with Crippen molar-refractivity contribution in [3.63, 3.8) is 0 Å². The maximum absolute atomic E-state index is 9.75. The number of aryl methyl sites for hydroxylation is 2. The number of benzene rings is 2. The minimum atomic E-state index is -6.00. The van der Waals surface area contributed by atoms with Crippen LogP contribution in [0.3, 0.4) is 0 Å². The fraction of sp³-hybridized carbons (Fsp3) is 0.111. The van der Waals surface area contributed by atoms with Crippen LogP contribution in [0.5, 0.6) is 0 Å². The van der Waals surface area contributed by atoms with Gasteiger partial charge in [0.1, 0.15) is 0 Å². The molecule has 4 heterocycles. The largest absolute Gasteiger partial charge is 0.673 e. The molecule has 0 aliphatic carbocycles. The third-order valence-corrected chi connectivity index (χ3v) is 7.26. The highest BCUT2D eigenvalue weighted by atomic mass is 19.5. The molecule has 0 amide bonds. The van der Waals surface area contributed by atoms with E-state index in [1.54, 1.807) is 0 Å². The van der Waals surface area contributed by atoms with Gasteiger partial charge in [0, 0.05) is 59.7 Å². The van der Waals surface area contributed by atoms with Crippen LogP contribution in [0.1, 0.15) is 11.1 Å². The Hall–Kier alpha value is -5.82. The summed E-state index contributed by atoms with van der Waals surface area (Å²) >= 11 is 0. The summed E-state index contributed by atoms with van der Waals surface area (Å²) in [6.45, 7) is 3.60. The molecular formula is C36H34B4F16N4. The SMILES string of the molecule is F[B-](F)(F)F.F[B-](F)(F)F.F[B-](F)(F)F.F[B-](F)(F)F.c1ccc(C[n+]2ccc(-c3cc[n+](CC[n+]4ccc(-c5cc[n+](Cc6ccccc6)cc5)cc4)cc3)cc2)cc1. The Bertz CT molecular complexity index is 1870. The van der Waals surface area contributed by atoms with E-state index < -0.39 is 29.0 Å². The zero-order valence-corrected chi connectivity index (χ0v) is 31.0. The molecule has 60 heavy (non-hydrogen) atoms. The van der Waals surface area contributed by atoms with E-state index in [0.717, 1.165) is 26.2 Å². The van der Waals surface area contributed by atoms with Crippen LogP contribution < -0.4 is 18.3 Å². The van der Waals surface area contributed by atoms with Crippen molar-refractivity contribution in [2.45, 2.75) is 26.2 Å². The third-order valence-electron chi connectivity index (χ3n) is 7.26. The van der Waals surface area contributed by atoms with Gasteiger partial charge < -0.3 is 69.1 Å². The summed E-state index contributed by atoms with van der Waals surface area (Å²) in [5.74, 6) is 0. The fourth-order valence-electron chi connectivity index (χ4n) is 4.93. The first-order valence-corrected chi connectivity index (χ1v) is 17.3. The Morgan fingerprint density at radius 2 is 0.450 bits per heavy atom. The molecule has 6 aromatic rings. The first kappa shape index (κ1) is 50.3. The van der Waals surface area contributed by atoms with Gasteiger partial charge in [-0.15, -0.1) is 0 Å². The Morgan fingerprint density at radius 1 is 0.267 bits per heavy atom. The van der Waals surface area contributed by atoms with E-state index in [0.29, 0.717) is 0 Å². The van der Waals surface area contributed by atoms with Crippen molar-refractivity contribution in [3.05, 3.63) is 170 Å². The predicted molar refractivity (Wildman–Crippen MR) is 196 cm³/mol. The molecule has 6 rings (SSSR count). The number of pyridine rings is 4. The van der Waals surface area contributed by atoms with E-state index in [9.17, 15) is 69.1 Å². The van der Waals surface area contributed by atoms with Gasteiger partial charge in [-0.2, -0.15) is 9.13 Å². The Kier molecular flexibility index (Phi) is 19.9. The van der Waals surface area contributed by atoms with Crippen molar-refractivity contribution >= 4 is 29.0 Å².